The number of nitrogens with one attached hydrogen (secondary N) is 1. The molecule has 72 valence electrons. The van der Waals surface area contributed by atoms with Gasteiger partial charge in [-0.25, -0.2) is 9.78 Å². The molecule has 1 heterocycles. The SMILES string of the molecule is Cc1ccc2nc(C(=O)O)[nH]c2c1C. The Hall–Kier alpha value is -1.84. The van der Waals surface area contributed by atoms with Crippen molar-refractivity contribution in [1.82, 2.24) is 9.97 Å². The fourth-order valence-corrected chi connectivity index (χ4v) is 1.42. The highest BCUT2D eigenvalue weighted by Gasteiger charge is 2.11. The minimum absolute atomic E-state index is 0.00583. The lowest BCUT2D eigenvalue weighted by atomic mass is 10.1. The van der Waals surface area contributed by atoms with E-state index in [-0.39, 0.29) is 5.82 Å². The summed E-state index contributed by atoms with van der Waals surface area (Å²) in [5.74, 6) is -1.04. The first kappa shape index (κ1) is 8.74. The zero-order valence-corrected chi connectivity index (χ0v) is 7.96. The number of carboxylic acid groups (broad SMARTS) is 1. The third-order valence-electron chi connectivity index (χ3n) is 2.39. The zero-order valence-electron chi connectivity index (χ0n) is 7.96. The molecule has 2 aromatic rings. The van der Waals surface area contributed by atoms with E-state index in [9.17, 15) is 4.79 Å². The fourth-order valence-electron chi connectivity index (χ4n) is 1.42. The fraction of sp³-hybridized carbons (Fsp3) is 0.200. The second-order valence-electron chi connectivity index (χ2n) is 3.29. The van der Waals surface area contributed by atoms with Crippen molar-refractivity contribution in [3.63, 3.8) is 0 Å². The van der Waals surface area contributed by atoms with Gasteiger partial charge in [0.2, 0.25) is 5.82 Å². The van der Waals surface area contributed by atoms with E-state index >= 15 is 0 Å². The van der Waals surface area contributed by atoms with Crippen LogP contribution in [-0.2, 0) is 0 Å². The van der Waals surface area contributed by atoms with Crippen molar-refractivity contribution in [3.8, 4) is 0 Å². The van der Waals surface area contributed by atoms with Gasteiger partial charge in [0.25, 0.3) is 0 Å². The molecule has 0 aliphatic heterocycles. The number of fused-ring (bicyclic) bond motifs is 1. The molecule has 4 heteroatoms. The van der Waals surface area contributed by atoms with Crippen molar-refractivity contribution in [3.05, 3.63) is 29.1 Å². The van der Waals surface area contributed by atoms with Crippen LogP contribution in [0.5, 0.6) is 0 Å². The van der Waals surface area contributed by atoms with Crippen LogP contribution in [0.1, 0.15) is 21.7 Å². The van der Waals surface area contributed by atoms with Gasteiger partial charge in [0.15, 0.2) is 0 Å². The standard InChI is InChI=1S/C10H10N2O2/c1-5-3-4-7-8(6(5)2)12-9(11-7)10(13)14/h3-4H,1-2H3,(H,11,12)(H,13,14). The van der Waals surface area contributed by atoms with Gasteiger partial charge < -0.3 is 10.1 Å². The van der Waals surface area contributed by atoms with E-state index in [4.69, 9.17) is 5.11 Å². The van der Waals surface area contributed by atoms with Crippen molar-refractivity contribution in [1.29, 1.82) is 0 Å². The summed E-state index contributed by atoms with van der Waals surface area (Å²) in [6.45, 7) is 3.93. The summed E-state index contributed by atoms with van der Waals surface area (Å²) in [4.78, 5) is 17.4. The second kappa shape index (κ2) is 2.83. The van der Waals surface area contributed by atoms with Crippen LogP contribution in [0.4, 0.5) is 0 Å². The van der Waals surface area contributed by atoms with E-state index in [1.165, 1.54) is 0 Å². The Kier molecular flexibility index (Phi) is 1.77. The highest BCUT2D eigenvalue weighted by molar-refractivity contribution is 5.90. The molecule has 0 saturated heterocycles. The molecule has 1 aromatic carbocycles. The van der Waals surface area contributed by atoms with Crippen LogP contribution < -0.4 is 0 Å². The highest BCUT2D eigenvalue weighted by atomic mass is 16.4. The van der Waals surface area contributed by atoms with Gasteiger partial charge in [-0.2, -0.15) is 0 Å². The van der Waals surface area contributed by atoms with Gasteiger partial charge in [0.05, 0.1) is 11.0 Å². The number of hydrogen-bond donors (Lipinski definition) is 2. The van der Waals surface area contributed by atoms with Gasteiger partial charge in [-0.3, -0.25) is 0 Å². The van der Waals surface area contributed by atoms with Gasteiger partial charge in [-0.05, 0) is 31.0 Å². The van der Waals surface area contributed by atoms with E-state index in [0.29, 0.717) is 5.52 Å². The molecule has 0 aliphatic carbocycles. The lowest BCUT2D eigenvalue weighted by molar-refractivity contribution is 0.0685. The number of H-pyrrole nitrogens is 1. The van der Waals surface area contributed by atoms with Crippen LogP contribution in [0.2, 0.25) is 0 Å². The van der Waals surface area contributed by atoms with Gasteiger partial charge >= 0.3 is 5.97 Å². The van der Waals surface area contributed by atoms with Gasteiger partial charge in [-0.1, -0.05) is 6.07 Å². The average molecular weight is 190 g/mol. The maximum absolute atomic E-state index is 10.7. The Bertz CT molecular complexity index is 514. The van der Waals surface area contributed by atoms with E-state index in [0.717, 1.165) is 16.6 Å². The number of carbonyl (C=O) groups is 1. The summed E-state index contributed by atoms with van der Waals surface area (Å²) in [7, 11) is 0. The molecule has 4 nitrogen and oxygen atoms in total. The van der Waals surface area contributed by atoms with Crippen LogP contribution in [-0.4, -0.2) is 21.0 Å². The van der Waals surface area contributed by atoms with Gasteiger partial charge in [-0.15, -0.1) is 0 Å². The van der Waals surface area contributed by atoms with Crippen LogP contribution >= 0.6 is 0 Å². The summed E-state index contributed by atoms with van der Waals surface area (Å²) in [6.07, 6.45) is 0. The van der Waals surface area contributed by atoms with E-state index < -0.39 is 5.97 Å². The van der Waals surface area contributed by atoms with Gasteiger partial charge in [0, 0.05) is 0 Å². The van der Waals surface area contributed by atoms with Crippen LogP contribution in [0.15, 0.2) is 12.1 Å². The maximum atomic E-state index is 10.7. The number of benzene rings is 1. The Morgan fingerprint density at radius 2 is 2.14 bits per heavy atom. The summed E-state index contributed by atoms with van der Waals surface area (Å²) in [6, 6.07) is 3.75. The predicted molar refractivity (Wildman–Crippen MR) is 52.5 cm³/mol. The number of rotatable bonds is 1. The minimum Gasteiger partial charge on any atom is -0.475 e. The molecular formula is C10H10N2O2. The van der Waals surface area contributed by atoms with Crippen LogP contribution in [0.25, 0.3) is 11.0 Å². The number of carboxylic acids is 1. The van der Waals surface area contributed by atoms with Crippen molar-refractivity contribution in [2.45, 2.75) is 13.8 Å². The van der Waals surface area contributed by atoms with Crippen molar-refractivity contribution in [2.75, 3.05) is 0 Å². The molecular weight excluding hydrogens is 180 g/mol. The largest absolute Gasteiger partial charge is 0.475 e. The molecule has 0 bridgehead atoms. The first-order valence-corrected chi connectivity index (χ1v) is 4.29. The van der Waals surface area contributed by atoms with Crippen LogP contribution in [0.3, 0.4) is 0 Å². The topological polar surface area (TPSA) is 66.0 Å². The first-order valence-electron chi connectivity index (χ1n) is 4.29. The molecule has 1 aromatic heterocycles. The zero-order chi connectivity index (χ0) is 10.3. The number of imidazole rings is 1. The molecule has 0 unspecified atom stereocenters. The number of aromatic amines is 1. The highest BCUT2D eigenvalue weighted by Crippen LogP contribution is 2.18. The second-order valence-corrected chi connectivity index (χ2v) is 3.29. The lowest BCUT2D eigenvalue weighted by Gasteiger charge is -1.98. The minimum atomic E-state index is -1.03. The molecule has 2 N–H and O–H groups in total. The van der Waals surface area contributed by atoms with E-state index in [1.807, 2.05) is 26.0 Å². The Labute approximate surface area is 80.6 Å². The molecule has 0 fully saturated rings. The van der Waals surface area contributed by atoms with Gasteiger partial charge in [0.1, 0.15) is 0 Å². The Morgan fingerprint density at radius 1 is 1.43 bits per heavy atom. The molecule has 0 radical (unpaired) electrons. The van der Waals surface area contributed by atoms with Crippen molar-refractivity contribution in [2.24, 2.45) is 0 Å². The molecule has 2 rings (SSSR count). The van der Waals surface area contributed by atoms with Crippen molar-refractivity contribution >= 4 is 17.0 Å². The van der Waals surface area contributed by atoms with E-state index in [1.54, 1.807) is 0 Å². The molecule has 0 aliphatic rings. The Balaban J connectivity index is 2.77. The molecule has 0 amide bonds. The summed E-state index contributed by atoms with van der Waals surface area (Å²) >= 11 is 0. The average Bonchev–Trinajstić information content (AvgIpc) is 2.56. The first-order chi connectivity index (χ1) is 6.59. The number of aryl methyl sites for hydroxylation is 2. The number of hydrogen-bond acceptors (Lipinski definition) is 2. The van der Waals surface area contributed by atoms with E-state index in [2.05, 4.69) is 9.97 Å². The third kappa shape index (κ3) is 1.16. The molecule has 14 heavy (non-hydrogen) atoms. The third-order valence-corrected chi connectivity index (χ3v) is 2.39. The summed E-state index contributed by atoms with van der Waals surface area (Å²) in [5, 5.41) is 8.75. The quantitative estimate of drug-likeness (QED) is 0.721. The smallest absolute Gasteiger partial charge is 0.371 e. The number of aromatic carboxylic acids is 1. The number of nitrogens with zero attached hydrogens (tertiary/aromatic N) is 1. The molecule has 0 atom stereocenters. The maximum Gasteiger partial charge on any atom is 0.371 e. The normalized spacial score (nSPS) is 10.7. The monoisotopic (exact) mass is 190 g/mol. The van der Waals surface area contributed by atoms with Crippen LogP contribution in [0, 0.1) is 13.8 Å². The number of aromatic nitrogens is 2. The predicted octanol–water partition coefficient (Wildman–Crippen LogP) is 1.88. The lowest BCUT2D eigenvalue weighted by Crippen LogP contribution is -1.97. The molecule has 0 spiro atoms. The van der Waals surface area contributed by atoms with Crippen molar-refractivity contribution < 1.29 is 9.90 Å². The summed E-state index contributed by atoms with van der Waals surface area (Å²) < 4.78 is 0. The molecule has 0 saturated carbocycles. The summed E-state index contributed by atoms with van der Waals surface area (Å²) in [5.41, 5.74) is 3.67. The Morgan fingerprint density at radius 3 is 2.79 bits per heavy atom.